The van der Waals surface area contributed by atoms with Crippen LogP contribution in [0.3, 0.4) is 0 Å². The Morgan fingerprint density at radius 2 is 2.00 bits per heavy atom. The third kappa shape index (κ3) is 2.87. The molecule has 0 fully saturated rings. The molecule has 1 N–H and O–H groups in total. The molecular weight excluding hydrogens is 284 g/mol. The van der Waals surface area contributed by atoms with Crippen LogP contribution in [0.25, 0.3) is 10.6 Å². The SMILES string of the molecule is Cc1cc(C)cc(NC(=O)c2ncoc2-c2cccs2)c1. The first-order valence-corrected chi connectivity index (χ1v) is 7.38. The van der Waals surface area contributed by atoms with Crippen LogP contribution >= 0.6 is 11.3 Å². The zero-order valence-corrected chi connectivity index (χ0v) is 12.5. The van der Waals surface area contributed by atoms with E-state index < -0.39 is 0 Å². The predicted molar refractivity (Wildman–Crippen MR) is 83.7 cm³/mol. The summed E-state index contributed by atoms with van der Waals surface area (Å²) in [5, 5.41) is 4.81. The monoisotopic (exact) mass is 298 g/mol. The van der Waals surface area contributed by atoms with Gasteiger partial charge >= 0.3 is 0 Å². The van der Waals surface area contributed by atoms with Crippen LogP contribution in [0.2, 0.25) is 0 Å². The number of thiophene rings is 1. The summed E-state index contributed by atoms with van der Waals surface area (Å²) < 4.78 is 5.35. The van der Waals surface area contributed by atoms with E-state index in [1.165, 1.54) is 17.7 Å². The molecule has 2 heterocycles. The molecule has 3 aromatic rings. The number of carbonyl (C=O) groups excluding carboxylic acids is 1. The van der Waals surface area contributed by atoms with Crippen molar-refractivity contribution in [2.75, 3.05) is 5.32 Å². The van der Waals surface area contributed by atoms with Gasteiger partial charge in [0.15, 0.2) is 17.8 Å². The summed E-state index contributed by atoms with van der Waals surface area (Å²) in [6.45, 7) is 3.99. The van der Waals surface area contributed by atoms with Crippen LogP contribution in [0.4, 0.5) is 5.69 Å². The third-order valence-electron chi connectivity index (χ3n) is 3.01. The van der Waals surface area contributed by atoms with E-state index in [9.17, 15) is 4.79 Å². The van der Waals surface area contributed by atoms with Gasteiger partial charge in [-0.25, -0.2) is 4.98 Å². The lowest BCUT2D eigenvalue weighted by Crippen LogP contribution is -2.13. The van der Waals surface area contributed by atoms with Crippen molar-refractivity contribution in [2.24, 2.45) is 0 Å². The Morgan fingerprint density at radius 1 is 1.24 bits per heavy atom. The Hall–Kier alpha value is -2.40. The van der Waals surface area contributed by atoms with Crippen LogP contribution in [0, 0.1) is 13.8 Å². The minimum Gasteiger partial charge on any atom is -0.442 e. The zero-order chi connectivity index (χ0) is 14.8. The molecule has 0 aliphatic heterocycles. The molecule has 0 aliphatic rings. The highest BCUT2D eigenvalue weighted by Crippen LogP contribution is 2.28. The van der Waals surface area contributed by atoms with Crippen LogP contribution in [0.15, 0.2) is 46.5 Å². The minimum absolute atomic E-state index is 0.267. The molecule has 21 heavy (non-hydrogen) atoms. The Balaban J connectivity index is 1.88. The highest BCUT2D eigenvalue weighted by molar-refractivity contribution is 7.13. The van der Waals surface area contributed by atoms with Crippen molar-refractivity contribution in [3.05, 3.63) is 58.9 Å². The number of nitrogens with one attached hydrogen (secondary N) is 1. The van der Waals surface area contributed by atoms with Gasteiger partial charge in [0.25, 0.3) is 5.91 Å². The minimum atomic E-state index is -0.267. The van der Waals surface area contributed by atoms with Crippen LogP contribution in [0.1, 0.15) is 21.6 Å². The van der Waals surface area contributed by atoms with Gasteiger partial charge in [-0.15, -0.1) is 11.3 Å². The molecule has 0 bridgehead atoms. The van der Waals surface area contributed by atoms with Gasteiger partial charge in [0.05, 0.1) is 4.88 Å². The second kappa shape index (κ2) is 5.54. The molecule has 1 aromatic carbocycles. The van der Waals surface area contributed by atoms with Crippen molar-refractivity contribution in [1.29, 1.82) is 0 Å². The number of benzene rings is 1. The molecule has 1 amide bonds. The number of rotatable bonds is 3. The van der Waals surface area contributed by atoms with E-state index in [-0.39, 0.29) is 5.91 Å². The Kier molecular flexibility index (Phi) is 3.58. The van der Waals surface area contributed by atoms with E-state index in [1.807, 2.05) is 43.5 Å². The van der Waals surface area contributed by atoms with Gasteiger partial charge in [0, 0.05) is 5.69 Å². The van der Waals surface area contributed by atoms with Gasteiger partial charge in [-0.3, -0.25) is 4.79 Å². The van der Waals surface area contributed by atoms with Crippen molar-refractivity contribution >= 4 is 22.9 Å². The summed E-state index contributed by atoms with van der Waals surface area (Å²) in [4.78, 5) is 17.3. The molecule has 5 heteroatoms. The fourth-order valence-electron chi connectivity index (χ4n) is 2.23. The fourth-order valence-corrected chi connectivity index (χ4v) is 2.94. The van der Waals surface area contributed by atoms with Crippen molar-refractivity contribution in [2.45, 2.75) is 13.8 Å². The number of anilines is 1. The second-order valence-electron chi connectivity index (χ2n) is 4.84. The summed E-state index contributed by atoms with van der Waals surface area (Å²) in [5.41, 5.74) is 3.27. The van der Waals surface area contributed by atoms with Crippen molar-refractivity contribution in [1.82, 2.24) is 4.98 Å². The zero-order valence-electron chi connectivity index (χ0n) is 11.7. The molecular formula is C16H14N2O2S. The Bertz CT molecular complexity index is 755. The van der Waals surface area contributed by atoms with Crippen LogP contribution < -0.4 is 5.32 Å². The first-order chi connectivity index (χ1) is 10.1. The molecule has 0 unspecified atom stereocenters. The number of oxazole rings is 1. The number of nitrogens with zero attached hydrogens (tertiary/aromatic N) is 1. The summed E-state index contributed by atoms with van der Waals surface area (Å²) in [6, 6.07) is 9.72. The van der Waals surface area contributed by atoms with Crippen molar-refractivity contribution < 1.29 is 9.21 Å². The first kappa shape index (κ1) is 13.6. The van der Waals surface area contributed by atoms with E-state index in [2.05, 4.69) is 16.4 Å². The summed E-state index contributed by atoms with van der Waals surface area (Å²) in [6.07, 6.45) is 1.30. The number of hydrogen-bond acceptors (Lipinski definition) is 4. The molecule has 3 rings (SSSR count). The van der Waals surface area contributed by atoms with Crippen molar-refractivity contribution in [3.8, 4) is 10.6 Å². The second-order valence-corrected chi connectivity index (χ2v) is 5.79. The van der Waals surface area contributed by atoms with Gasteiger partial charge in [0.1, 0.15) is 0 Å². The van der Waals surface area contributed by atoms with Gasteiger partial charge in [-0.2, -0.15) is 0 Å². The highest BCUT2D eigenvalue weighted by Gasteiger charge is 2.19. The quantitative estimate of drug-likeness (QED) is 0.785. The van der Waals surface area contributed by atoms with E-state index in [4.69, 9.17) is 4.42 Å². The molecule has 106 valence electrons. The van der Waals surface area contributed by atoms with Crippen LogP contribution in [0.5, 0.6) is 0 Å². The lowest BCUT2D eigenvalue weighted by atomic mass is 10.1. The standard InChI is InChI=1S/C16H14N2O2S/c1-10-6-11(2)8-12(7-10)18-16(19)14-15(20-9-17-14)13-4-3-5-21-13/h3-9H,1-2H3,(H,18,19). The Labute approximate surface area is 126 Å². The largest absolute Gasteiger partial charge is 0.442 e. The molecule has 2 aromatic heterocycles. The van der Waals surface area contributed by atoms with Gasteiger partial charge in [-0.05, 0) is 48.6 Å². The lowest BCUT2D eigenvalue weighted by molar-refractivity contribution is 0.102. The maximum Gasteiger partial charge on any atom is 0.278 e. The third-order valence-corrected chi connectivity index (χ3v) is 3.88. The average Bonchev–Trinajstić information content (AvgIpc) is 3.08. The smallest absolute Gasteiger partial charge is 0.278 e. The Morgan fingerprint density at radius 3 is 2.67 bits per heavy atom. The number of amides is 1. The molecule has 4 nitrogen and oxygen atoms in total. The van der Waals surface area contributed by atoms with E-state index in [0.29, 0.717) is 11.5 Å². The molecule has 0 aliphatic carbocycles. The number of aryl methyl sites for hydroxylation is 2. The fraction of sp³-hybridized carbons (Fsp3) is 0.125. The molecule has 0 spiro atoms. The van der Waals surface area contributed by atoms with Gasteiger partial charge in [0.2, 0.25) is 0 Å². The topological polar surface area (TPSA) is 55.1 Å². The molecule has 0 atom stereocenters. The first-order valence-electron chi connectivity index (χ1n) is 6.50. The predicted octanol–water partition coefficient (Wildman–Crippen LogP) is 4.27. The van der Waals surface area contributed by atoms with Crippen LogP contribution in [-0.4, -0.2) is 10.9 Å². The molecule has 0 saturated heterocycles. The highest BCUT2D eigenvalue weighted by atomic mass is 32.1. The normalized spacial score (nSPS) is 10.6. The van der Waals surface area contributed by atoms with Gasteiger partial charge < -0.3 is 9.73 Å². The van der Waals surface area contributed by atoms with Gasteiger partial charge in [-0.1, -0.05) is 12.1 Å². The lowest BCUT2D eigenvalue weighted by Gasteiger charge is -2.06. The van der Waals surface area contributed by atoms with Crippen LogP contribution in [-0.2, 0) is 0 Å². The maximum atomic E-state index is 12.4. The van der Waals surface area contributed by atoms with E-state index in [0.717, 1.165) is 21.7 Å². The number of hydrogen-bond donors (Lipinski definition) is 1. The van der Waals surface area contributed by atoms with Crippen molar-refractivity contribution in [3.63, 3.8) is 0 Å². The average molecular weight is 298 g/mol. The maximum absolute atomic E-state index is 12.4. The number of carbonyl (C=O) groups is 1. The summed E-state index contributed by atoms with van der Waals surface area (Å²) in [5.74, 6) is 0.240. The van der Waals surface area contributed by atoms with E-state index >= 15 is 0 Å². The summed E-state index contributed by atoms with van der Waals surface area (Å²) >= 11 is 1.51. The van der Waals surface area contributed by atoms with E-state index in [1.54, 1.807) is 0 Å². The number of aromatic nitrogens is 1. The summed E-state index contributed by atoms with van der Waals surface area (Å²) in [7, 11) is 0. The molecule has 0 saturated carbocycles. The molecule has 0 radical (unpaired) electrons.